The van der Waals surface area contributed by atoms with Crippen LogP contribution in [0.2, 0.25) is 0 Å². The van der Waals surface area contributed by atoms with Crippen molar-refractivity contribution in [2.75, 3.05) is 31.5 Å². The highest BCUT2D eigenvalue weighted by Crippen LogP contribution is 2.26. The van der Waals surface area contributed by atoms with Gasteiger partial charge in [0.1, 0.15) is 5.82 Å². The molecular formula is C20H21N3S. The van der Waals surface area contributed by atoms with Gasteiger partial charge in [-0.2, -0.15) is 4.37 Å². The average Bonchev–Trinajstić information content (AvgIpc) is 3.06. The molecule has 4 rings (SSSR count). The highest BCUT2D eigenvalue weighted by Gasteiger charge is 2.12. The van der Waals surface area contributed by atoms with Crippen LogP contribution < -0.4 is 5.32 Å². The summed E-state index contributed by atoms with van der Waals surface area (Å²) < 4.78 is 5.77. The van der Waals surface area contributed by atoms with Crippen LogP contribution in [0.1, 0.15) is 12.0 Å². The van der Waals surface area contributed by atoms with Crippen LogP contribution in [0.3, 0.4) is 0 Å². The Morgan fingerprint density at radius 1 is 1.04 bits per heavy atom. The molecule has 0 fully saturated rings. The molecule has 2 aromatic carbocycles. The zero-order chi connectivity index (χ0) is 16.2. The SMILES string of the molecule is C1=C(c2ccccc2)CCN(CCNc2nsc3ccccc23)C1. The molecule has 2 heterocycles. The summed E-state index contributed by atoms with van der Waals surface area (Å²) in [6, 6.07) is 19.1. The van der Waals surface area contributed by atoms with Crippen molar-refractivity contribution in [2.24, 2.45) is 0 Å². The normalized spacial score (nSPS) is 15.4. The summed E-state index contributed by atoms with van der Waals surface area (Å²) >= 11 is 1.56. The second-order valence-electron chi connectivity index (χ2n) is 6.10. The van der Waals surface area contributed by atoms with E-state index in [2.05, 4.69) is 75.3 Å². The number of anilines is 1. The van der Waals surface area contributed by atoms with E-state index < -0.39 is 0 Å². The van der Waals surface area contributed by atoms with Crippen molar-refractivity contribution in [3.8, 4) is 0 Å². The van der Waals surface area contributed by atoms with E-state index in [1.807, 2.05) is 0 Å². The van der Waals surface area contributed by atoms with Gasteiger partial charge in [0.15, 0.2) is 0 Å². The molecule has 0 saturated carbocycles. The number of nitrogens with zero attached hydrogens (tertiary/aromatic N) is 2. The minimum absolute atomic E-state index is 0.933. The third-order valence-corrected chi connectivity index (χ3v) is 5.36. The van der Waals surface area contributed by atoms with Crippen molar-refractivity contribution in [1.29, 1.82) is 0 Å². The maximum atomic E-state index is 4.53. The third-order valence-electron chi connectivity index (χ3n) is 4.54. The van der Waals surface area contributed by atoms with Crippen LogP contribution >= 0.6 is 11.5 Å². The lowest BCUT2D eigenvalue weighted by Crippen LogP contribution is -2.32. The Bertz CT molecular complexity index is 838. The van der Waals surface area contributed by atoms with Gasteiger partial charge in [0.05, 0.1) is 4.70 Å². The fourth-order valence-corrected chi connectivity index (χ4v) is 3.93. The highest BCUT2D eigenvalue weighted by molar-refractivity contribution is 7.13. The van der Waals surface area contributed by atoms with Gasteiger partial charge in [0.25, 0.3) is 0 Å². The first kappa shape index (κ1) is 15.4. The molecule has 1 aliphatic rings. The van der Waals surface area contributed by atoms with E-state index in [0.29, 0.717) is 0 Å². The minimum Gasteiger partial charge on any atom is -0.367 e. The third kappa shape index (κ3) is 3.35. The van der Waals surface area contributed by atoms with Crippen LogP contribution in [0.25, 0.3) is 15.7 Å². The smallest absolute Gasteiger partial charge is 0.147 e. The molecule has 0 radical (unpaired) electrons. The van der Waals surface area contributed by atoms with Crippen molar-refractivity contribution in [2.45, 2.75) is 6.42 Å². The van der Waals surface area contributed by atoms with E-state index in [4.69, 9.17) is 0 Å². The zero-order valence-electron chi connectivity index (χ0n) is 13.6. The van der Waals surface area contributed by atoms with Gasteiger partial charge in [-0.3, -0.25) is 4.90 Å². The van der Waals surface area contributed by atoms with Crippen LogP contribution in [0.5, 0.6) is 0 Å². The van der Waals surface area contributed by atoms with Gasteiger partial charge >= 0.3 is 0 Å². The summed E-state index contributed by atoms with van der Waals surface area (Å²) in [7, 11) is 0. The topological polar surface area (TPSA) is 28.2 Å². The van der Waals surface area contributed by atoms with E-state index in [-0.39, 0.29) is 0 Å². The second kappa shape index (κ2) is 7.16. The quantitative estimate of drug-likeness (QED) is 0.744. The van der Waals surface area contributed by atoms with Gasteiger partial charge in [-0.1, -0.05) is 48.5 Å². The van der Waals surface area contributed by atoms with Crippen LogP contribution in [0.15, 0.2) is 60.7 Å². The number of hydrogen-bond acceptors (Lipinski definition) is 4. The van der Waals surface area contributed by atoms with Crippen molar-refractivity contribution in [1.82, 2.24) is 9.27 Å². The lowest BCUT2D eigenvalue weighted by atomic mass is 10.00. The first-order valence-corrected chi connectivity index (χ1v) is 9.22. The molecule has 24 heavy (non-hydrogen) atoms. The molecule has 1 N–H and O–H groups in total. The van der Waals surface area contributed by atoms with Crippen molar-refractivity contribution in [3.63, 3.8) is 0 Å². The minimum atomic E-state index is 0.933. The summed E-state index contributed by atoms with van der Waals surface area (Å²) in [5.74, 6) is 1.02. The van der Waals surface area contributed by atoms with Gasteiger partial charge in [-0.15, -0.1) is 0 Å². The first-order valence-electron chi connectivity index (χ1n) is 8.45. The Morgan fingerprint density at radius 3 is 2.71 bits per heavy atom. The predicted octanol–water partition coefficient (Wildman–Crippen LogP) is 4.50. The summed E-state index contributed by atoms with van der Waals surface area (Å²) in [4.78, 5) is 2.49. The second-order valence-corrected chi connectivity index (χ2v) is 6.91. The summed E-state index contributed by atoms with van der Waals surface area (Å²) in [6.07, 6.45) is 3.50. The fourth-order valence-electron chi connectivity index (χ4n) is 3.17. The van der Waals surface area contributed by atoms with Crippen LogP contribution in [0.4, 0.5) is 5.82 Å². The van der Waals surface area contributed by atoms with Crippen molar-refractivity contribution >= 4 is 33.0 Å². The molecule has 0 aliphatic carbocycles. The number of benzene rings is 2. The van der Waals surface area contributed by atoms with E-state index in [9.17, 15) is 0 Å². The summed E-state index contributed by atoms with van der Waals surface area (Å²) in [6.45, 7) is 4.14. The standard InChI is InChI=1S/C20H21N3S/c1-2-6-16(7-3-1)17-10-13-23(14-11-17)15-12-21-20-18-8-4-5-9-19(18)24-22-20/h1-10H,11-15H2,(H,21,22). The lowest BCUT2D eigenvalue weighted by molar-refractivity contribution is 0.313. The van der Waals surface area contributed by atoms with Gasteiger partial charge < -0.3 is 5.32 Å². The number of hydrogen-bond donors (Lipinski definition) is 1. The maximum absolute atomic E-state index is 4.53. The molecule has 0 atom stereocenters. The summed E-state index contributed by atoms with van der Waals surface area (Å²) in [5, 5.41) is 4.72. The van der Waals surface area contributed by atoms with Gasteiger partial charge in [-0.25, -0.2) is 0 Å². The summed E-state index contributed by atoms with van der Waals surface area (Å²) in [5.41, 5.74) is 2.84. The van der Waals surface area contributed by atoms with Gasteiger partial charge in [0, 0.05) is 31.6 Å². The van der Waals surface area contributed by atoms with Crippen LogP contribution in [-0.4, -0.2) is 35.5 Å². The molecule has 0 unspecified atom stereocenters. The van der Waals surface area contributed by atoms with Gasteiger partial charge in [0.2, 0.25) is 0 Å². The van der Waals surface area contributed by atoms with Gasteiger partial charge in [-0.05, 0) is 41.2 Å². The number of rotatable bonds is 5. The molecule has 0 bridgehead atoms. The Kier molecular flexibility index (Phi) is 4.58. The molecule has 4 heteroatoms. The van der Waals surface area contributed by atoms with Crippen molar-refractivity contribution < 1.29 is 0 Å². The van der Waals surface area contributed by atoms with E-state index in [1.165, 1.54) is 21.2 Å². The van der Waals surface area contributed by atoms with Crippen LogP contribution in [-0.2, 0) is 0 Å². The van der Waals surface area contributed by atoms with E-state index in [0.717, 1.165) is 38.4 Å². The number of nitrogens with one attached hydrogen (secondary N) is 1. The Labute approximate surface area is 146 Å². The van der Waals surface area contributed by atoms with E-state index in [1.54, 1.807) is 11.5 Å². The molecule has 1 aliphatic heterocycles. The monoisotopic (exact) mass is 335 g/mol. The van der Waals surface area contributed by atoms with E-state index >= 15 is 0 Å². The Balaban J connectivity index is 1.31. The maximum Gasteiger partial charge on any atom is 0.147 e. The lowest BCUT2D eigenvalue weighted by Gasteiger charge is -2.26. The molecule has 122 valence electrons. The fraction of sp³-hybridized carbons (Fsp3) is 0.250. The predicted molar refractivity (Wildman–Crippen MR) is 104 cm³/mol. The largest absolute Gasteiger partial charge is 0.367 e. The van der Waals surface area contributed by atoms with Crippen LogP contribution in [0, 0.1) is 0 Å². The molecule has 3 nitrogen and oxygen atoms in total. The zero-order valence-corrected chi connectivity index (χ0v) is 14.4. The highest BCUT2D eigenvalue weighted by atomic mass is 32.1. The molecule has 0 spiro atoms. The van der Waals surface area contributed by atoms with Crippen molar-refractivity contribution in [3.05, 3.63) is 66.2 Å². The molecule has 3 aromatic rings. The number of aromatic nitrogens is 1. The molecule has 0 amide bonds. The Hall–Kier alpha value is -2.17. The Morgan fingerprint density at radius 2 is 1.88 bits per heavy atom. The molecule has 1 aromatic heterocycles. The first-order chi connectivity index (χ1) is 11.9. The average molecular weight is 335 g/mol. The number of fused-ring (bicyclic) bond motifs is 1. The molecular weight excluding hydrogens is 314 g/mol. The molecule has 0 saturated heterocycles.